The van der Waals surface area contributed by atoms with Crippen molar-refractivity contribution in [3.63, 3.8) is 0 Å². The van der Waals surface area contributed by atoms with Crippen LogP contribution in [0.1, 0.15) is 22.7 Å². The van der Waals surface area contributed by atoms with Gasteiger partial charge in [-0.05, 0) is 36.8 Å². The molecule has 0 bridgehead atoms. The second-order valence-corrected chi connectivity index (χ2v) is 12.2. The van der Waals surface area contributed by atoms with Gasteiger partial charge in [-0.3, -0.25) is 24.6 Å². The fourth-order valence-electron chi connectivity index (χ4n) is 4.35. The van der Waals surface area contributed by atoms with Crippen molar-refractivity contribution >= 4 is 49.4 Å². The number of sulfone groups is 1. The minimum atomic E-state index is -4.16. The number of ether oxygens (including phenoxy) is 1. The van der Waals surface area contributed by atoms with Gasteiger partial charge >= 0.3 is 5.91 Å². The number of Topliss-reactive ketones (excluding diaryl/α,β-unsaturated/α-hetero) is 1. The number of hydrogen-bond acceptors (Lipinski definition) is 10. The second-order valence-electron chi connectivity index (χ2n) is 9.02. The van der Waals surface area contributed by atoms with E-state index in [0.29, 0.717) is 28.2 Å². The topological polar surface area (TPSA) is 157 Å². The molecule has 0 spiro atoms. The summed E-state index contributed by atoms with van der Waals surface area (Å²) in [5.41, 5.74) is 1.25. The highest BCUT2D eigenvalue weighted by Crippen LogP contribution is 2.44. The van der Waals surface area contributed by atoms with Crippen molar-refractivity contribution in [1.82, 2.24) is 4.98 Å². The molecule has 1 saturated heterocycles. The van der Waals surface area contributed by atoms with E-state index in [1.165, 1.54) is 7.11 Å². The number of aromatic nitrogens is 1. The van der Waals surface area contributed by atoms with Crippen LogP contribution in [0.2, 0.25) is 0 Å². The van der Waals surface area contributed by atoms with Crippen LogP contribution in [-0.4, -0.2) is 42.2 Å². The van der Waals surface area contributed by atoms with Crippen LogP contribution in [0.25, 0.3) is 5.76 Å². The molecule has 13 heteroatoms. The van der Waals surface area contributed by atoms with Crippen molar-refractivity contribution in [2.45, 2.75) is 22.1 Å². The van der Waals surface area contributed by atoms with Gasteiger partial charge in [-0.15, -0.1) is 0 Å². The number of aryl methyl sites for hydroxylation is 1. The smallest absolute Gasteiger partial charge is 0.301 e. The zero-order chi connectivity index (χ0) is 29.5. The Hall–Kier alpha value is -4.88. The molecule has 0 aliphatic carbocycles. The lowest BCUT2D eigenvalue weighted by Gasteiger charge is -2.23. The third kappa shape index (κ3) is 4.96. The number of amides is 1. The van der Waals surface area contributed by atoms with E-state index in [1.54, 1.807) is 48.5 Å². The molecule has 208 valence electrons. The van der Waals surface area contributed by atoms with Gasteiger partial charge in [0.05, 0.1) is 34.7 Å². The molecular weight excluding hydrogens is 570 g/mol. The predicted octanol–water partition coefficient (Wildman–Crippen LogP) is 4.83. The number of aliphatic hydroxyl groups is 1. The number of rotatable bonds is 7. The van der Waals surface area contributed by atoms with Gasteiger partial charge < -0.3 is 9.84 Å². The third-order valence-electron chi connectivity index (χ3n) is 6.50. The second kappa shape index (κ2) is 10.6. The van der Waals surface area contributed by atoms with Gasteiger partial charge in [-0.2, -0.15) is 0 Å². The average molecular weight is 592 g/mol. The van der Waals surface area contributed by atoms with Gasteiger partial charge in [0.15, 0.2) is 5.13 Å². The van der Waals surface area contributed by atoms with Crippen LogP contribution in [0.4, 0.5) is 10.8 Å². The number of nitro groups is 1. The zero-order valence-electron chi connectivity index (χ0n) is 21.5. The Bertz CT molecular complexity index is 1810. The van der Waals surface area contributed by atoms with Gasteiger partial charge in [0.25, 0.3) is 11.5 Å². The first-order chi connectivity index (χ1) is 19.5. The summed E-state index contributed by atoms with van der Waals surface area (Å²) in [6.45, 7) is 1.87. The van der Waals surface area contributed by atoms with Gasteiger partial charge in [-0.25, -0.2) is 13.4 Å². The molecule has 2 heterocycles. The highest BCUT2D eigenvalue weighted by atomic mass is 32.2. The van der Waals surface area contributed by atoms with E-state index in [1.807, 2.05) is 6.92 Å². The molecule has 1 fully saturated rings. The van der Waals surface area contributed by atoms with E-state index in [0.717, 1.165) is 40.9 Å². The summed E-state index contributed by atoms with van der Waals surface area (Å²) in [5, 5.41) is 22.1. The maximum atomic E-state index is 13.4. The van der Waals surface area contributed by atoms with Crippen LogP contribution in [0, 0.1) is 17.0 Å². The lowest BCUT2D eigenvalue weighted by atomic mass is 9.95. The number of non-ortho nitro benzene ring substituents is 1. The molecule has 5 rings (SSSR count). The lowest BCUT2D eigenvalue weighted by Crippen LogP contribution is -2.29. The third-order valence-corrected chi connectivity index (χ3v) is 9.73. The summed E-state index contributed by atoms with van der Waals surface area (Å²) in [6.07, 6.45) is 1.06. The highest BCUT2D eigenvalue weighted by Gasteiger charge is 2.48. The Morgan fingerprint density at radius 1 is 1.02 bits per heavy atom. The number of thiazole rings is 1. The van der Waals surface area contributed by atoms with Crippen LogP contribution >= 0.6 is 11.3 Å². The summed E-state index contributed by atoms with van der Waals surface area (Å²) in [4.78, 5) is 42.1. The van der Waals surface area contributed by atoms with Crippen LogP contribution < -0.4 is 9.64 Å². The molecule has 1 atom stereocenters. The monoisotopic (exact) mass is 591 g/mol. The highest BCUT2D eigenvalue weighted by molar-refractivity contribution is 7.93. The molecule has 1 aromatic heterocycles. The summed E-state index contributed by atoms with van der Waals surface area (Å²) < 4.78 is 31.5. The van der Waals surface area contributed by atoms with E-state index in [4.69, 9.17) is 4.74 Å². The Morgan fingerprint density at radius 2 is 1.66 bits per heavy atom. The van der Waals surface area contributed by atoms with Crippen LogP contribution in [0.3, 0.4) is 0 Å². The normalized spacial score (nSPS) is 16.6. The Morgan fingerprint density at radius 3 is 2.24 bits per heavy atom. The molecule has 0 unspecified atom stereocenters. The number of nitro benzene ring substituents is 1. The van der Waals surface area contributed by atoms with Gasteiger partial charge in [0, 0.05) is 17.7 Å². The standard InChI is InChI=1S/C28H21N3O8S2/c1-16-3-5-18(6-4-16)25(32)23-24(17-7-11-20(39-2)12-8-17)30(27(34)26(23)33)28-29-15-22(40-28)41(37,38)21-13-9-19(10-14-21)31(35)36/h3-15,24,32H,1-2H3/t24-/m0/s1. The molecular formula is C28H21N3O8S2. The summed E-state index contributed by atoms with van der Waals surface area (Å²) in [7, 11) is -2.67. The molecule has 4 aromatic rings. The fraction of sp³-hybridized carbons (Fsp3) is 0.107. The van der Waals surface area contributed by atoms with Crippen molar-refractivity contribution in [3.05, 3.63) is 111 Å². The Labute approximate surface area is 238 Å². The summed E-state index contributed by atoms with van der Waals surface area (Å²) >= 11 is 0.657. The first-order valence-corrected chi connectivity index (χ1v) is 14.3. The SMILES string of the molecule is COc1ccc([C@H]2C(=C(O)c3ccc(C)cc3)C(=O)C(=O)N2c2ncc(S(=O)(=O)c3ccc([N+](=O)[O-])cc3)s2)cc1. The number of benzene rings is 3. The van der Waals surface area contributed by atoms with E-state index < -0.39 is 32.5 Å². The van der Waals surface area contributed by atoms with Crippen molar-refractivity contribution in [3.8, 4) is 5.75 Å². The quantitative estimate of drug-likeness (QED) is 0.105. The minimum absolute atomic E-state index is 0.0867. The number of carbonyl (C=O) groups excluding carboxylic acids is 2. The molecule has 1 amide bonds. The van der Waals surface area contributed by atoms with E-state index in [-0.39, 0.29) is 31.3 Å². The van der Waals surface area contributed by atoms with Crippen molar-refractivity contribution in [2.24, 2.45) is 0 Å². The fourth-order valence-corrected chi connectivity index (χ4v) is 6.89. The largest absolute Gasteiger partial charge is 0.507 e. The molecule has 0 radical (unpaired) electrons. The molecule has 41 heavy (non-hydrogen) atoms. The van der Waals surface area contributed by atoms with Gasteiger partial charge in [-0.1, -0.05) is 53.3 Å². The average Bonchev–Trinajstić information content (AvgIpc) is 3.56. The first kappa shape index (κ1) is 27.7. The Balaban J connectivity index is 1.62. The molecule has 1 aliphatic heterocycles. The van der Waals surface area contributed by atoms with Crippen molar-refractivity contribution < 1.29 is 32.8 Å². The molecule has 0 saturated carbocycles. The van der Waals surface area contributed by atoms with Crippen molar-refractivity contribution in [2.75, 3.05) is 12.0 Å². The first-order valence-electron chi connectivity index (χ1n) is 12.0. The lowest BCUT2D eigenvalue weighted by molar-refractivity contribution is -0.384. The van der Waals surface area contributed by atoms with Crippen molar-refractivity contribution in [1.29, 1.82) is 0 Å². The molecule has 11 nitrogen and oxygen atoms in total. The van der Waals surface area contributed by atoms with Gasteiger partial charge in [0.2, 0.25) is 9.84 Å². The van der Waals surface area contributed by atoms with Gasteiger partial charge in [0.1, 0.15) is 15.7 Å². The predicted molar refractivity (Wildman–Crippen MR) is 150 cm³/mol. The molecule has 3 aromatic carbocycles. The number of anilines is 1. The number of aliphatic hydroxyl groups excluding tert-OH is 1. The number of nitrogens with zero attached hydrogens (tertiary/aromatic N) is 3. The molecule has 1 aliphatic rings. The van der Waals surface area contributed by atoms with Crippen LogP contribution in [0.5, 0.6) is 5.75 Å². The Kier molecular flexibility index (Phi) is 7.15. The maximum Gasteiger partial charge on any atom is 0.301 e. The minimum Gasteiger partial charge on any atom is -0.507 e. The number of methoxy groups -OCH3 is 1. The van der Waals surface area contributed by atoms with Crippen LogP contribution in [0.15, 0.2) is 93.7 Å². The summed E-state index contributed by atoms with van der Waals surface area (Å²) in [6, 6.07) is 16.5. The summed E-state index contributed by atoms with van der Waals surface area (Å²) in [5.74, 6) is -1.82. The maximum absolute atomic E-state index is 13.4. The van der Waals surface area contributed by atoms with E-state index in [9.17, 15) is 33.2 Å². The van der Waals surface area contributed by atoms with E-state index >= 15 is 0 Å². The zero-order valence-corrected chi connectivity index (χ0v) is 23.2. The van der Waals surface area contributed by atoms with E-state index in [2.05, 4.69) is 4.98 Å². The number of hydrogen-bond donors (Lipinski definition) is 1. The number of carbonyl (C=O) groups is 2. The number of ketones is 1. The molecule has 1 N–H and O–H groups in total. The van der Waals surface area contributed by atoms with Crippen LogP contribution in [-0.2, 0) is 19.4 Å².